The van der Waals surface area contributed by atoms with Gasteiger partial charge in [-0.25, -0.2) is 4.79 Å². The largest absolute Gasteiger partial charge is 0.461 e. The van der Waals surface area contributed by atoms with Gasteiger partial charge in [0.15, 0.2) is 0 Å². The minimum absolute atomic E-state index is 0.345. The topological polar surface area (TPSA) is 42.1 Å². The maximum atomic E-state index is 11.6. The Bertz CT molecular complexity index is 592. The predicted octanol–water partition coefficient (Wildman–Crippen LogP) is 4.63. The summed E-state index contributed by atoms with van der Waals surface area (Å²) < 4.78 is 7.67. The SMILES string of the molecule is CCOC(=O)c1cc2c(Br)c(Br)c(Br)cc2[nH]1. The van der Waals surface area contributed by atoms with Crippen LogP contribution in [0.3, 0.4) is 0 Å². The normalized spacial score (nSPS) is 10.8. The maximum absolute atomic E-state index is 11.6. The van der Waals surface area contributed by atoms with Crippen LogP contribution in [0.25, 0.3) is 10.9 Å². The molecule has 1 aromatic heterocycles. The lowest BCUT2D eigenvalue weighted by molar-refractivity contribution is 0.0520. The predicted molar refractivity (Wildman–Crippen MR) is 77.4 cm³/mol. The first-order valence-corrected chi connectivity index (χ1v) is 7.25. The van der Waals surface area contributed by atoms with Gasteiger partial charge < -0.3 is 9.72 Å². The van der Waals surface area contributed by atoms with Crippen molar-refractivity contribution in [3.63, 3.8) is 0 Å². The third-order valence-electron chi connectivity index (χ3n) is 2.25. The van der Waals surface area contributed by atoms with Crippen molar-refractivity contribution >= 4 is 64.7 Å². The van der Waals surface area contributed by atoms with Crippen LogP contribution < -0.4 is 0 Å². The number of ether oxygens (including phenoxy) is 1. The van der Waals surface area contributed by atoms with E-state index in [0.717, 1.165) is 24.3 Å². The fourth-order valence-electron chi connectivity index (χ4n) is 1.50. The minimum Gasteiger partial charge on any atom is -0.461 e. The van der Waals surface area contributed by atoms with Crippen molar-refractivity contribution in [3.05, 3.63) is 31.2 Å². The zero-order valence-corrected chi connectivity index (χ0v) is 13.6. The second-order valence-corrected chi connectivity index (χ2v) is 5.79. The number of hydrogen-bond donors (Lipinski definition) is 1. The Morgan fingerprint density at radius 3 is 2.65 bits per heavy atom. The highest BCUT2D eigenvalue weighted by Crippen LogP contribution is 2.37. The van der Waals surface area contributed by atoms with Gasteiger partial charge in [-0.2, -0.15) is 0 Å². The fraction of sp³-hybridized carbons (Fsp3) is 0.182. The van der Waals surface area contributed by atoms with Gasteiger partial charge in [0.1, 0.15) is 5.69 Å². The molecule has 0 amide bonds. The van der Waals surface area contributed by atoms with Crippen molar-refractivity contribution in [2.45, 2.75) is 6.92 Å². The minimum atomic E-state index is -0.345. The maximum Gasteiger partial charge on any atom is 0.354 e. The number of fused-ring (bicyclic) bond motifs is 1. The highest BCUT2D eigenvalue weighted by atomic mass is 79.9. The number of aromatic amines is 1. The van der Waals surface area contributed by atoms with Crippen LogP contribution in [0.5, 0.6) is 0 Å². The summed E-state index contributed by atoms with van der Waals surface area (Å²) in [6.07, 6.45) is 0. The first-order chi connectivity index (χ1) is 8.04. The summed E-state index contributed by atoms with van der Waals surface area (Å²) in [6, 6.07) is 3.68. The number of hydrogen-bond acceptors (Lipinski definition) is 2. The van der Waals surface area contributed by atoms with E-state index < -0.39 is 0 Å². The fourth-order valence-corrected chi connectivity index (χ4v) is 3.06. The number of nitrogens with one attached hydrogen (secondary N) is 1. The van der Waals surface area contributed by atoms with Gasteiger partial charge >= 0.3 is 5.97 Å². The second kappa shape index (κ2) is 5.12. The summed E-state index contributed by atoms with van der Waals surface area (Å²) in [5.74, 6) is -0.345. The van der Waals surface area contributed by atoms with E-state index in [-0.39, 0.29) is 5.97 Å². The van der Waals surface area contributed by atoms with Crippen LogP contribution in [0.1, 0.15) is 17.4 Å². The molecular formula is C11H8Br3NO2. The average Bonchev–Trinajstić information content (AvgIpc) is 2.70. The molecule has 0 spiro atoms. The lowest BCUT2D eigenvalue weighted by atomic mass is 10.2. The van der Waals surface area contributed by atoms with Crippen LogP contribution in [-0.4, -0.2) is 17.6 Å². The first-order valence-electron chi connectivity index (χ1n) is 4.88. The molecule has 0 aliphatic heterocycles. The Kier molecular flexibility index (Phi) is 3.95. The molecule has 0 aliphatic carbocycles. The van der Waals surface area contributed by atoms with Crippen LogP contribution in [0.15, 0.2) is 25.6 Å². The van der Waals surface area contributed by atoms with Crippen molar-refractivity contribution in [2.24, 2.45) is 0 Å². The number of carbonyl (C=O) groups is 1. The van der Waals surface area contributed by atoms with Crippen LogP contribution in [0, 0.1) is 0 Å². The Labute approximate surface area is 123 Å². The molecule has 0 fully saturated rings. The van der Waals surface area contributed by atoms with E-state index in [1.165, 1.54) is 0 Å². The summed E-state index contributed by atoms with van der Waals surface area (Å²) in [5.41, 5.74) is 1.32. The quantitative estimate of drug-likeness (QED) is 0.563. The number of esters is 1. The van der Waals surface area contributed by atoms with E-state index in [2.05, 4.69) is 52.8 Å². The van der Waals surface area contributed by atoms with Crippen molar-refractivity contribution in [1.82, 2.24) is 4.98 Å². The van der Waals surface area contributed by atoms with Crippen LogP contribution in [-0.2, 0) is 4.74 Å². The number of rotatable bonds is 2. The van der Waals surface area contributed by atoms with Gasteiger partial charge in [-0.3, -0.25) is 0 Å². The summed E-state index contributed by atoms with van der Waals surface area (Å²) in [7, 11) is 0. The smallest absolute Gasteiger partial charge is 0.354 e. The number of halogens is 3. The summed E-state index contributed by atoms with van der Waals surface area (Å²) in [5, 5.41) is 0.933. The molecule has 1 aromatic carbocycles. The van der Waals surface area contributed by atoms with E-state index in [1.807, 2.05) is 6.07 Å². The molecule has 0 saturated carbocycles. The first kappa shape index (κ1) is 13.1. The Hall–Kier alpha value is -0.330. The van der Waals surface area contributed by atoms with Crippen LogP contribution in [0.2, 0.25) is 0 Å². The van der Waals surface area contributed by atoms with Gasteiger partial charge in [0.2, 0.25) is 0 Å². The second-order valence-electron chi connectivity index (χ2n) is 3.35. The molecule has 90 valence electrons. The van der Waals surface area contributed by atoms with Gasteiger partial charge in [-0.15, -0.1) is 0 Å². The summed E-state index contributed by atoms with van der Waals surface area (Å²) in [4.78, 5) is 14.6. The van der Waals surface area contributed by atoms with Gasteiger partial charge in [-0.1, -0.05) is 0 Å². The lowest BCUT2D eigenvalue weighted by Gasteiger charge is -2.00. The molecular weight excluding hydrogens is 418 g/mol. The number of aromatic nitrogens is 1. The molecule has 1 N–H and O–H groups in total. The molecule has 2 rings (SSSR count). The number of H-pyrrole nitrogens is 1. The zero-order valence-electron chi connectivity index (χ0n) is 8.81. The number of carbonyl (C=O) groups excluding carboxylic acids is 1. The summed E-state index contributed by atoms with van der Waals surface area (Å²) in [6.45, 7) is 2.15. The molecule has 0 radical (unpaired) electrons. The van der Waals surface area contributed by atoms with E-state index in [0.29, 0.717) is 12.3 Å². The molecule has 3 nitrogen and oxygen atoms in total. The zero-order chi connectivity index (χ0) is 12.6. The molecule has 1 heterocycles. The van der Waals surface area contributed by atoms with Crippen molar-refractivity contribution in [3.8, 4) is 0 Å². The molecule has 0 unspecified atom stereocenters. The molecule has 0 saturated heterocycles. The van der Waals surface area contributed by atoms with Gasteiger partial charge in [-0.05, 0) is 66.8 Å². The van der Waals surface area contributed by atoms with E-state index in [4.69, 9.17) is 4.74 Å². The molecule has 0 aliphatic rings. The molecule has 2 aromatic rings. The standard InChI is InChI=1S/C11H8Br3NO2/c1-2-17-11(16)8-3-5-7(15-8)4-6(12)10(14)9(5)13/h3-4,15H,2H2,1H3. The average molecular weight is 426 g/mol. The van der Waals surface area contributed by atoms with Crippen LogP contribution >= 0.6 is 47.8 Å². The van der Waals surface area contributed by atoms with Gasteiger partial charge in [0.25, 0.3) is 0 Å². The highest BCUT2D eigenvalue weighted by Gasteiger charge is 2.14. The molecule has 17 heavy (non-hydrogen) atoms. The molecule has 6 heteroatoms. The third-order valence-corrected chi connectivity index (χ3v) is 5.59. The molecule has 0 atom stereocenters. The number of benzene rings is 1. The molecule has 0 bridgehead atoms. The van der Waals surface area contributed by atoms with E-state index in [9.17, 15) is 4.79 Å². The van der Waals surface area contributed by atoms with Gasteiger partial charge in [0.05, 0.1) is 6.61 Å². The summed E-state index contributed by atoms with van der Waals surface area (Å²) >= 11 is 10.4. The lowest BCUT2D eigenvalue weighted by Crippen LogP contribution is -2.04. The van der Waals surface area contributed by atoms with Crippen molar-refractivity contribution in [1.29, 1.82) is 0 Å². The Balaban J connectivity index is 2.58. The van der Waals surface area contributed by atoms with E-state index in [1.54, 1.807) is 13.0 Å². The Morgan fingerprint density at radius 1 is 1.29 bits per heavy atom. The third kappa shape index (κ3) is 2.44. The van der Waals surface area contributed by atoms with Crippen molar-refractivity contribution < 1.29 is 9.53 Å². The van der Waals surface area contributed by atoms with Crippen molar-refractivity contribution in [2.75, 3.05) is 6.61 Å². The van der Waals surface area contributed by atoms with Crippen LogP contribution in [0.4, 0.5) is 0 Å². The van der Waals surface area contributed by atoms with E-state index >= 15 is 0 Å². The monoisotopic (exact) mass is 423 g/mol. The Morgan fingerprint density at radius 2 is 2.00 bits per heavy atom. The van der Waals surface area contributed by atoms with Gasteiger partial charge in [0, 0.05) is 24.3 Å². The highest BCUT2D eigenvalue weighted by molar-refractivity contribution is 9.14.